The number of ether oxygens (including phenoxy) is 1. The van der Waals surface area contributed by atoms with Crippen molar-refractivity contribution in [1.29, 1.82) is 0 Å². The number of nitrogens with one attached hydrogen (secondary N) is 1. The van der Waals surface area contributed by atoms with E-state index in [1.807, 2.05) is 31.2 Å². The number of anilines is 1. The highest BCUT2D eigenvalue weighted by molar-refractivity contribution is 5.96. The molecular formula is C21H29Cl2N3O2. The van der Waals surface area contributed by atoms with Gasteiger partial charge in [0.15, 0.2) is 0 Å². The summed E-state index contributed by atoms with van der Waals surface area (Å²) in [4.78, 5) is 14.8. The molecule has 3 rings (SSSR count). The van der Waals surface area contributed by atoms with Crippen LogP contribution in [0.2, 0.25) is 0 Å². The standard InChI is InChI=1S/C21H27N3O2.2ClH/c1-15-6-7-19(22)11-20(15)21(25)23-12-17-4-3-5-18(10-17)14-24-8-9-26-16(2)13-24;;/h3-7,10-11,16H,8-9,12-14,22H2,1-2H3,(H,23,25);2*1H. The molecule has 7 heteroatoms. The summed E-state index contributed by atoms with van der Waals surface area (Å²) in [5.74, 6) is -0.0952. The molecular weight excluding hydrogens is 397 g/mol. The molecule has 0 spiro atoms. The maximum Gasteiger partial charge on any atom is 0.251 e. The first-order valence-electron chi connectivity index (χ1n) is 9.07. The Morgan fingerprint density at radius 3 is 2.71 bits per heavy atom. The lowest BCUT2D eigenvalue weighted by Gasteiger charge is -2.31. The van der Waals surface area contributed by atoms with E-state index in [4.69, 9.17) is 10.5 Å². The first-order chi connectivity index (χ1) is 12.5. The maximum absolute atomic E-state index is 12.4. The first-order valence-corrected chi connectivity index (χ1v) is 9.07. The summed E-state index contributed by atoms with van der Waals surface area (Å²) in [6.45, 7) is 8.13. The molecule has 5 nitrogen and oxygen atoms in total. The molecule has 28 heavy (non-hydrogen) atoms. The fourth-order valence-electron chi connectivity index (χ4n) is 3.29. The number of carbonyl (C=O) groups is 1. The van der Waals surface area contributed by atoms with E-state index in [0.717, 1.165) is 37.4 Å². The minimum atomic E-state index is -0.0952. The number of nitrogens with zero attached hydrogens (tertiary/aromatic N) is 1. The normalized spacial score (nSPS) is 16.6. The van der Waals surface area contributed by atoms with Gasteiger partial charge in [0.2, 0.25) is 0 Å². The zero-order chi connectivity index (χ0) is 18.5. The van der Waals surface area contributed by atoms with Gasteiger partial charge in [-0.25, -0.2) is 0 Å². The molecule has 0 aliphatic carbocycles. The summed E-state index contributed by atoms with van der Waals surface area (Å²) in [5, 5.41) is 2.99. The van der Waals surface area contributed by atoms with Gasteiger partial charge in [0, 0.05) is 37.4 Å². The van der Waals surface area contributed by atoms with Crippen molar-refractivity contribution in [3.05, 3.63) is 64.7 Å². The van der Waals surface area contributed by atoms with Crippen LogP contribution in [0.15, 0.2) is 42.5 Å². The van der Waals surface area contributed by atoms with Crippen molar-refractivity contribution in [3.8, 4) is 0 Å². The Bertz CT molecular complexity index is 786. The summed E-state index contributed by atoms with van der Waals surface area (Å²) in [6, 6.07) is 13.8. The van der Waals surface area contributed by atoms with Crippen LogP contribution in [-0.4, -0.2) is 36.6 Å². The highest BCUT2D eigenvalue weighted by atomic mass is 35.5. The van der Waals surface area contributed by atoms with Crippen LogP contribution < -0.4 is 11.1 Å². The van der Waals surface area contributed by atoms with Gasteiger partial charge in [0.25, 0.3) is 5.91 Å². The SMILES string of the molecule is Cc1ccc(N)cc1C(=O)NCc1cccc(CN2CCOC(C)C2)c1.Cl.Cl. The lowest BCUT2D eigenvalue weighted by Crippen LogP contribution is -2.40. The molecule has 1 unspecified atom stereocenters. The van der Waals surface area contributed by atoms with E-state index in [-0.39, 0.29) is 36.8 Å². The maximum atomic E-state index is 12.4. The van der Waals surface area contributed by atoms with Crippen LogP contribution in [0.1, 0.15) is 34.0 Å². The average Bonchev–Trinajstić information content (AvgIpc) is 2.62. The van der Waals surface area contributed by atoms with Crippen molar-refractivity contribution in [2.45, 2.75) is 33.0 Å². The predicted molar refractivity (Wildman–Crippen MR) is 118 cm³/mol. The largest absolute Gasteiger partial charge is 0.399 e. The number of nitrogen functional groups attached to an aromatic ring is 1. The predicted octanol–water partition coefficient (Wildman–Crippen LogP) is 3.57. The van der Waals surface area contributed by atoms with Gasteiger partial charge in [-0.3, -0.25) is 9.69 Å². The summed E-state index contributed by atoms with van der Waals surface area (Å²) in [6.07, 6.45) is 0.285. The Morgan fingerprint density at radius 2 is 1.96 bits per heavy atom. The molecule has 2 aromatic carbocycles. The summed E-state index contributed by atoms with van der Waals surface area (Å²) < 4.78 is 5.60. The zero-order valence-electron chi connectivity index (χ0n) is 16.3. The average molecular weight is 426 g/mol. The number of morpholine rings is 1. The van der Waals surface area contributed by atoms with Crippen molar-refractivity contribution < 1.29 is 9.53 Å². The number of benzene rings is 2. The van der Waals surface area contributed by atoms with Crippen LogP contribution in [0, 0.1) is 6.92 Å². The Hall–Kier alpha value is -1.79. The molecule has 2 aromatic rings. The second-order valence-corrected chi connectivity index (χ2v) is 6.99. The van der Waals surface area contributed by atoms with Crippen LogP contribution in [0.4, 0.5) is 5.69 Å². The van der Waals surface area contributed by atoms with Gasteiger partial charge in [-0.2, -0.15) is 0 Å². The number of carbonyl (C=O) groups excluding carboxylic acids is 1. The third kappa shape index (κ3) is 6.67. The van der Waals surface area contributed by atoms with E-state index >= 15 is 0 Å². The van der Waals surface area contributed by atoms with E-state index < -0.39 is 0 Å². The van der Waals surface area contributed by atoms with Crippen molar-refractivity contribution >= 4 is 36.4 Å². The first kappa shape index (κ1) is 24.2. The topological polar surface area (TPSA) is 67.6 Å². The molecule has 1 aliphatic heterocycles. The van der Waals surface area contributed by atoms with Gasteiger partial charge in [0.1, 0.15) is 0 Å². The number of amides is 1. The Labute approximate surface area is 179 Å². The van der Waals surface area contributed by atoms with Gasteiger partial charge < -0.3 is 15.8 Å². The van der Waals surface area contributed by atoms with Gasteiger partial charge in [-0.1, -0.05) is 30.3 Å². The Kier molecular flexibility index (Phi) is 9.76. The van der Waals surface area contributed by atoms with Crippen LogP contribution in [0.3, 0.4) is 0 Å². The molecule has 0 bridgehead atoms. The number of halogens is 2. The van der Waals surface area contributed by atoms with E-state index in [1.165, 1.54) is 5.56 Å². The molecule has 1 fully saturated rings. The van der Waals surface area contributed by atoms with Crippen molar-refractivity contribution in [1.82, 2.24) is 10.2 Å². The molecule has 1 saturated heterocycles. The third-order valence-electron chi connectivity index (χ3n) is 4.68. The van der Waals surface area contributed by atoms with Crippen molar-refractivity contribution in [3.63, 3.8) is 0 Å². The van der Waals surface area contributed by atoms with Crippen molar-refractivity contribution in [2.75, 3.05) is 25.4 Å². The molecule has 0 saturated carbocycles. The Balaban J connectivity index is 0.00000196. The lowest BCUT2D eigenvalue weighted by molar-refractivity contribution is -0.0212. The molecule has 3 N–H and O–H groups in total. The minimum absolute atomic E-state index is 0. The zero-order valence-corrected chi connectivity index (χ0v) is 17.9. The molecule has 0 aromatic heterocycles. The van der Waals surface area contributed by atoms with Gasteiger partial charge in [0.05, 0.1) is 12.7 Å². The monoisotopic (exact) mass is 425 g/mol. The number of nitrogens with two attached hydrogens (primary N) is 1. The highest BCUT2D eigenvalue weighted by Crippen LogP contribution is 2.14. The fraction of sp³-hybridized carbons (Fsp3) is 0.381. The van der Waals surface area contributed by atoms with E-state index in [0.29, 0.717) is 17.8 Å². The van der Waals surface area contributed by atoms with Crippen LogP contribution >= 0.6 is 24.8 Å². The Morgan fingerprint density at radius 1 is 1.21 bits per heavy atom. The third-order valence-corrected chi connectivity index (χ3v) is 4.68. The van der Waals surface area contributed by atoms with E-state index in [1.54, 1.807) is 6.07 Å². The van der Waals surface area contributed by atoms with E-state index in [2.05, 4.69) is 29.3 Å². The molecule has 154 valence electrons. The van der Waals surface area contributed by atoms with Crippen LogP contribution in [0.5, 0.6) is 0 Å². The summed E-state index contributed by atoms with van der Waals surface area (Å²) in [7, 11) is 0. The number of hydrogen-bond acceptors (Lipinski definition) is 4. The van der Waals surface area contributed by atoms with Crippen molar-refractivity contribution in [2.24, 2.45) is 0 Å². The molecule has 0 radical (unpaired) electrons. The second-order valence-electron chi connectivity index (χ2n) is 6.99. The minimum Gasteiger partial charge on any atom is -0.399 e. The quantitative estimate of drug-likeness (QED) is 0.718. The molecule has 1 heterocycles. The lowest BCUT2D eigenvalue weighted by atomic mass is 10.1. The molecule has 1 atom stereocenters. The van der Waals surface area contributed by atoms with Gasteiger partial charge in [-0.15, -0.1) is 24.8 Å². The van der Waals surface area contributed by atoms with Gasteiger partial charge in [-0.05, 0) is 42.7 Å². The summed E-state index contributed by atoms with van der Waals surface area (Å²) in [5.41, 5.74) is 10.3. The van der Waals surface area contributed by atoms with Crippen LogP contribution in [0.25, 0.3) is 0 Å². The number of aryl methyl sites for hydroxylation is 1. The number of hydrogen-bond donors (Lipinski definition) is 2. The van der Waals surface area contributed by atoms with E-state index in [9.17, 15) is 4.79 Å². The fourth-order valence-corrected chi connectivity index (χ4v) is 3.29. The smallest absolute Gasteiger partial charge is 0.251 e. The van der Waals surface area contributed by atoms with Crippen LogP contribution in [-0.2, 0) is 17.8 Å². The summed E-state index contributed by atoms with van der Waals surface area (Å²) >= 11 is 0. The molecule has 1 aliphatic rings. The second kappa shape index (κ2) is 11.3. The van der Waals surface area contributed by atoms with Gasteiger partial charge >= 0.3 is 0 Å². The number of rotatable bonds is 5. The molecule has 1 amide bonds. The highest BCUT2D eigenvalue weighted by Gasteiger charge is 2.16.